The standard InChI is InChI=1S/C13H16BrN3O/c1-15-10-12-5-6-17(16-12)7-8-18-13-4-2-3-11(14)9-13/h2-6,9,15H,7-8,10H2,1H3. The molecule has 18 heavy (non-hydrogen) atoms. The fraction of sp³-hybridized carbons (Fsp3) is 0.308. The van der Waals surface area contributed by atoms with Gasteiger partial charge in [0.2, 0.25) is 0 Å². The van der Waals surface area contributed by atoms with Gasteiger partial charge in [0.25, 0.3) is 0 Å². The number of halogens is 1. The molecule has 0 radical (unpaired) electrons. The molecule has 96 valence electrons. The fourth-order valence-corrected chi connectivity index (χ4v) is 2.00. The van der Waals surface area contributed by atoms with E-state index in [1.807, 2.05) is 48.3 Å². The number of aromatic nitrogens is 2. The summed E-state index contributed by atoms with van der Waals surface area (Å²) in [7, 11) is 1.91. The van der Waals surface area contributed by atoms with Gasteiger partial charge in [0.15, 0.2) is 0 Å². The third-order valence-electron chi connectivity index (χ3n) is 2.44. The van der Waals surface area contributed by atoms with Crippen molar-refractivity contribution in [1.29, 1.82) is 0 Å². The van der Waals surface area contributed by atoms with Gasteiger partial charge in [-0.2, -0.15) is 5.10 Å². The van der Waals surface area contributed by atoms with Crippen LogP contribution in [0.5, 0.6) is 5.75 Å². The van der Waals surface area contributed by atoms with Gasteiger partial charge < -0.3 is 10.1 Å². The predicted octanol–water partition coefficient (Wildman–Crippen LogP) is 2.44. The van der Waals surface area contributed by atoms with E-state index in [4.69, 9.17) is 4.74 Å². The molecule has 0 aliphatic rings. The smallest absolute Gasteiger partial charge is 0.120 e. The Morgan fingerprint density at radius 1 is 1.39 bits per heavy atom. The van der Waals surface area contributed by atoms with Gasteiger partial charge in [0, 0.05) is 17.2 Å². The van der Waals surface area contributed by atoms with E-state index in [2.05, 4.69) is 26.3 Å². The first kappa shape index (κ1) is 13.1. The molecule has 4 nitrogen and oxygen atoms in total. The van der Waals surface area contributed by atoms with Gasteiger partial charge in [-0.25, -0.2) is 0 Å². The summed E-state index contributed by atoms with van der Waals surface area (Å²) in [4.78, 5) is 0. The van der Waals surface area contributed by atoms with E-state index in [1.54, 1.807) is 0 Å². The minimum atomic E-state index is 0.608. The highest BCUT2D eigenvalue weighted by molar-refractivity contribution is 9.10. The minimum Gasteiger partial charge on any atom is -0.492 e. The molecule has 0 fully saturated rings. The fourth-order valence-electron chi connectivity index (χ4n) is 1.62. The molecule has 0 aliphatic heterocycles. The lowest BCUT2D eigenvalue weighted by atomic mass is 10.3. The molecule has 1 aromatic heterocycles. The number of benzene rings is 1. The number of hydrogen-bond donors (Lipinski definition) is 1. The molecule has 5 heteroatoms. The third kappa shape index (κ3) is 3.85. The summed E-state index contributed by atoms with van der Waals surface area (Å²) < 4.78 is 8.57. The van der Waals surface area contributed by atoms with E-state index in [9.17, 15) is 0 Å². The van der Waals surface area contributed by atoms with Crippen LogP contribution in [0.25, 0.3) is 0 Å². The Hall–Kier alpha value is -1.33. The Kier molecular flexibility index (Phi) is 4.78. The number of nitrogens with zero attached hydrogens (tertiary/aromatic N) is 2. The molecule has 0 unspecified atom stereocenters. The first-order valence-electron chi connectivity index (χ1n) is 5.83. The Morgan fingerprint density at radius 2 is 2.28 bits per heavy atom. The van der Waals surface area contributed by atoms with Crippen molar-refractivity contribution < 1.29 is 4.74 Å². The van der Waals surface area contributed by atoms with E-state index >= 15 is 0 Å². The summed E-state index contributed by atoms with van der Waals surface area (Å²) in [5.41, 5.74) is 1.04. The van der Waals surface area contributed by atoms with Gasteiger partial charge in [-0.3, -0.25) is 4.68 Å². The second-order valence-corrected chi connectivity index (χ2v) is 4.82. The van der Waals surface area contributed by atoms with Crippen molar-refractivity contribution in [2.75, 3.05) is 13.7 Å². The van der Waals surface area contributed by atoms with Crippen molar-refractivity contribution >= 4 is 15.9 Å². The lowest BCUT2D eigenvalue weighted by Gasteiger charge is -2.06. The second-order valence-electron chi connectivity index (χ2n) is 3.91. The molecule has 0 aliphatic carbocycles. The van der Waals surface area contributed by atoms with Crippen LogP contribution in [-0.4, -0.2) is 23.4 Å². The predicted molar refractivity (Wildman–Crippen MR) is 74.6 cm³/mol. The average Bonchev–Trinajstić information content (AvgIpc) is 2.78. The van der Waals surface area contributed by atoms with E-state index in [0.717, 1.165) is 29.0 Å². The van der Waals surface area contributed by atoms with Crippen molar-refractivity contribution in [3.63, 3.8) is 0 Å². The quantitative estimate of drug-likeness (QED) is 0.891. The van der Waals surface area contributed by atoms with Gasteiger partial charge in [-0.1, -0.05) is 22.0 Å². The molecule has 0 saturated heterocycles. The molecule has 0 spiro atoms. The van der Waals surface area contributed by atoms with Crippen LogP contribution in [0.4, 0.5) is 0 Å². The maximum atomic E-state index is 5.65. The molecule has 1 heterocycles. The minimum absolute atomic E-state index is 0.608. The van der Waals surface area contributed by atoms with Crippen molar-refractivity contribution in [2.24, 2.45) is 0 Å². The lowest BCUT2D eigenvalue weighted by Crippen LogP contribution is -2.10. The van der Waals surface area contributed by atoms with Crippen molar-refractivity contribution in [2.45, 2.75) is 13.1 Å². The molecular weight excluding hydrogens is 294 g/mol. The van der Waals surface area contributed by atoms with Crippen LogP contribution in [0, 0.1) is 0 Å². The van der Waals surface area contributed by atoms with Crippen molar-refractivity contribution in [3.05, 3.63) is 46.7 Å². The highest BCUT2D eigenvalue weighted by atomic mass is 79.9. The van der Waals surface area contributed by atoms with E-state index in [-0.39, 0.29) is 0 Å². The molecule has 2 rings (SSSR count). The number of ether oxygens (including phenoxy) is 1. The Bertz CT molecular complexity index is 498. The maximum Gasteiger partial charge on any atom is 0.120 e. The Labute approximate surface area is 115 Å². The van der Waals surface area contributed by atoms with Crippen LogP contribution in [0.15, 0.2) is 41.0 Å². The molecule has 2 aromatic rings. The van der Waals surface area contributed by atoms with Gasteiger partial charge in [-0.15, -0.1) is 0 Å². The molecular formula is C13H16BrN3O. The van der Waals surface area contributed by atoms with Crippen LogP contribution in [0.3, 0.4) is 0 Å². The van der Waals surface area contributed by atoms with Gasteiger partial charge >= 0.3 is 0 Å². The maximum absolute atomic E-state index is 5.65. The van der Waals surface area contributed by atoms with Gasteiger partial charge in [0.05, 0.1) is 12.2 Å². The SMILES string of the molecule is CNCc1ccn(CCOc2cccc(Br)c2)n1. The number of nitrogens with one attached hydrogen (secondary N) is 1. The molecule has 0 amide bonds. The average molecular weight is 310 g/mol. The first-order valence-corrected chi connectivity index (χ1v) is 6.62. The van der Waals surface area contributed by atoms with Crippen molar-refractivity contribution in [3.8, 4) is 5.75 Å². The highest BCUT2D eigenvalue weighted by Crippen LogP contribution is 2.17. The van der Waals surface area contributed by atoms with E-state index < -0.39 is 0 Å². The van der Waals surface area contributed by atoms with Crippen molar-refractivity contribution in [1.82, 2.24) is 15.1 Å². The Balaban J connectivity index is 1.81. The summed E-state index contributed by atoms with van der Waals surface area (Å²) >= 11 is 3.42. The number of rotatable bonds is 6. The molecule has 0 atom stereocenters. The molecule has 1 N–H and O–H groups in total. The van der Waals surface area contributed by atoms with Crippen LogP contribution in [0.2, 0.25) is 0 Å². The first-order chi connectivity index (χ1) is 8.78. The van der Waals surface area contributed by atoms with Gasteiger partial charge in [-0.05, 0) is 31.3 Å². The van der Waals surface area contributed by atoms with Crippen LogP contribution in [-0.2, 0) is 13.1 Å². The molecule has 1 aromatic carbocycles. The lowest BCUT2D eigenvalue weighted by molar-refractivity contribution is 0.290. The zero-order chi connectivity index (χ0) is 12.8. The van der Waals surface area contributed by atoms with Crippen LogP contribution < -0.4 is 10.1 Å². The summed E-state index contributed by atoms with van der Waals surface area (Å²) in [6.07, 6.45) is 1.97. The van der Waals surface area contributed by atoms with E-state index in [0.29, 0.717) is 6.61 Å². The summed E-state index contributed by atoms with van der Waals surface area (Å²) in [5.74, 6) is 0.868. The van der Waals surface area contributed by atoms with Crippen LogP contribution >= 0.6 is 15.9 Å². The summed E-state index contributed by atoms with van der Waals surface area (Å²) in [6, 6.07) is 9.84. The topological polar surface area (TPSA) is 39.1 Å². The zero-order valence-corrected chi connectivity index (χ0v) is 11.9. The van der Waals surface area contributed by atoms with Gasteiger partial charge in [0.1, 0.15) is 12.4 Å². The largest absolute Gasteiger partial charge is 0.492 e. The third-order valence-corrected chi connectivity index (χ3v) is 2.93. The highest BCUT2D eigenvalue weighted by Gasteiger charge is 1.99. The summed E-state index contributed by atoms with van der Waals surface area (Å²) in [5, 5.41) is 7.49. The molecule has 0 saturated carbocycles. The van der Waals surface area contributed by atoms with E-state index in [1.165, 1.54) is 0 Å². The number of hydrogen-bond acceptors (Lipinski definition) is 3. The normalized spacial score (nSPS) is 10.6. The Morgan fingerprint density at radius 3 is 3.06 bits per heavy atom. The monoisotopic (exact) mass is 309 g/mol. The second kappa shape index (κ2) is 6.56. The summed E-state index contributed by atoms with van der Waals surface area (Å²) in [6.45, 7) is 2.15. The zero-order valence-electron chi connectivity index (χ0n) is 10.3. The molecule has 0 bridgehead atoms. The van der Waals surface area contributed by atoms with Crippen LogP contribution in [0.1, 0.15) is 5.69 Å².